The molecule has 0 aliphatic carbocycles. The fourth-order valence-corrected chi connectivity index (χ4v) is 3.62. The van der Waals surface area contributed by atoms with E-state index in [0.29, 0.717) is 18.0 Å². The molecule has 4 nitrogen and oxygen atoms in total. The predicted molar refractivity (Wildman–Crippen MR) is 75.9 cm³/mol. The second kappa shape index (κ2) is 5.31. The lowest BCUT2D eigenvalue weighted by molar-refractivity contribution is 0.00140. The molecule has 19 heavy (non-hydrogen) atoms. The molecule has 0 aromatic rings. The van der Waals surface area contributed by atoms with Crippen molar-refractivity contribution in [2.45, 2.75) is 83.5 Å². The number of ether oxygens (including phenoxy) is 1. The summed E-state index contributed by atoms with van der Waals surface area (Å²) in [6.45, 7) is 7.85. The second-order valence-electron chi connectivity index (χ2n) is 7.32. The first-order valence-corrected chi connectivity index (χ1v) is 7.53. The summed E-state index contributed by atoms with van der Waals surface area (Å²) in [5.41, 5.74) is 5.50. The zero-order valence-electron chi connectivity index (χ0n) is 12.7. The number of nitrogens with two attached hydrogens (primary N) is 1. The molecule has 0 aromatic heterocycles. The highest BCUT2D eigenvalue weighted by Gasteiger charge is 2.44. The number of hydrogen-bond donors (Lipinski definition) is 1. The Hall–Kier alpha value is -0.770. The van der Waals surface area contributed by atoms with Crippen LogP contribution in [0.3, 0.4) is 0 Å². The van der Waals surface area contributed by atoms with Crippen molar-refractivity contribution < 1.29 is 9.53 Å². The van der Waals surface area contributed by atoms with Gasteiger partial charge in [-0.25, -0.2) is 4.79 Å². The minimum absolute atomic E-state index is 0.126. The van der Waals surface area contributed by atoms with E-state index < -0.39 is 5.60 Å². The maximum Gasteiger partial charge on any atom is 0.410 e. The summed E-state index contributed by atoms with van der Waals surface area (Å²) >= 11 is 0. The molecule has 4 heteroatoms. The molecule has 0 aromatic carbocycles. The average Bonchev–Trinajstić information content (AvgIpc) is 2.47. The first-order valence-electron chi connectivity index (χ1n) is 7.53. The van der Waals surface area contributed by atoms with Crippen molar-refractivity contribution in [1.29, 1.82) is 0 Å². The lowest BCUT2D eigenvalue weighted by atomic mass is 9.86. The molecule has 3 atom stereocenters. The van der Waals surface area contributed by atoms with E-state index in [-0.39, 0.29) is 12.1 Å². The van der Waals surface area contributed by atoms with Crippen molar-refractivity contribution in [1.82, 2.24) is 4.90 Å². The molecule has 2 heterocycles. The monoisotopic (exact) mass is 268 g/mol. The number of piperidine rings is 1. The van der Waals surface area contributed by atoms with Crippen molar-refractivity contribution in [2.24, 2.45) is 11.7 Å². The van der Waals surface area contributed by atoms with Crippen molar-refractivity contribution in [2.75, 3.05) is 0 Å². The van der Waals surface area contributed by atoms with Crippen LogP contribution in [0.15, 0.2) is 0 Å². The number of fused-ring (bicyclic) bond motifs is 2. The van der Waals surface area contributed by atoms with E-state index in [4.69, 9.17) is 10.5 Å². The Labute approximate surface area is 116 Å². The second-order valence-corrected chi connectivity index (χ2v) is 7.32. The van der Waals surface area contributed by atoms with Crippen molar-refractivity contribution >= 4 is 6.09 Å². The molecule has 0 saturated carbocycles. The van der Waals surface area contributed by atoms with E-state index in [1.54, 1.807) is 0 Å². The topological polar surface area (TPSA) is 55.6 Å². The number of nitrogens with zero attached hydrogens (tertiary/aromatic N) is 1. The Kier molecular flexibility index (Phi) is 4.09. The third kappa shape index (κ3) is 3.62. The molecule has 2 aliphatic rings. The number of carbonyl (C=O) groups excluding carboxylic acids is 1. The van der Waals surface area contributed by atoms with Crippen LogP contribution in [0.5, 0.6) is 0 Å². The molecule has 2 fully saturated rings. The van der Waals surface area contributed by atoms with Crippen LogP contribution in [0.2, 0.25) is 0 Å². The molecule has 2 aliphatic heterocycles. The standard InChI is InChI=1S/C15H28N2O2/c1-10(16)7-11-8-12-5-6-13(9-11)17(12)14(18)19-15(2,3)4/h10-13H,5-9,16H2,1-4H3. The fraction of sp³-hybridized carbons (Fsp3) is 0.933. The minimum atomic E-state index is -0.404. The van der Waals surface area contributed by atoms with E-state index >= 15 is 0 Å². The molecule has 2 saturated heterocycles. The highest BCUT2D eigenvalue weighted by atomic mass is 16.6. The van der Waals surface area contributed by atoms with Gasteiger partial charge in [0.25, 0.3) is 0 Å². The molecule has 0 radical (unpaired) electrons. The molecule has 110 valence electrons. The molecule has 0 spiro atoms. The molecular weight excluding hydrogens is 240 g/mol. The molecule has 1 amide bonds. The van der Waals surface area contributed by atoms with Gasteiger partial charge in [-0.3, -0.25) is 0 Å². The van der Waals surface area contributed by atoms with Gasteiger partial charge >= 0.3 is 6.09 Å². The normalized spacial score (nSPS) is 32.3. The van der Waals surface area contributed by atoms with Gasteiger partial charge in [-0.1, -0.05) is 0 Å². The fourth-order valence-electron chi connectivity index (χ4n) is 3.62. The van der Waals surface area contributed by atoms with Gasteiger partial charge in [0, 0.05) is 18.1 Å². The highest BCUT2D eigenvalue weighted by molar-refractivity contribution is 5.69. The molecule has 3 unspecified atom stereocenters. The minimum Gasteiger partial charge on any atom is -0.444 e. The molecular formula is C15H28N2O2. The maximum absolute atomic E-state index is 12.3. The number of carbonyl (C=O) groups is 1. The predicted octanol–water partition coefficient (Wildman–Crippen LogP) is 2.90. The van der Waals surface area contributed by atoms with Crippen molar-refractivity contribution in [3.8, 4) is 0 Å². The summed E-state index contributed by atoms with van der Waals surface area (Å²) in [5.74, 6) is 0.677. The zero-order valence-corrected chi connectivity index (χ0v) is 12.7. The van der Waals surface area contributed by atoms with Crippen LogP contribution in [0, 0.1) is 5.92 Å². The van der Waals surface area contributed by atoms with Gasteiger partial charge in [-0.2, -0.15) is 0 Å². The quantitative estimate of drug-likeness (QED) is 0.837. The number of rotatable bonds is 2. The van der Waals surface area contributed by atoms with Crippen molar-refractivity contribution in [3.05, 3.63) is 0 Å². The summed E-state index contributed by atoms with van der Waals surface area (Å²) in [7, 11) is 0. The van der Waals surface area contributed by atoms with E-state index in [0.717, 1.165) is 32.1 Å². The first kappa shape index (κ1) is 14.6. The van der Waals surface area contributed by atoms with Crippen LogP contribution in [-0.4, -0.2) is 34.7 Å². The van der Waals surface area contributed by atoms with Gasteiger partial charge in [0.05, 0.1) is 0 Å². The van der Waals surface area contributed by atoms with Gasteiger partial charge < -0.3 is 15.4 Å². The van der Waals surface area contributed by atoms with Crippen LogP contribution < -0.4 is 5.73 Å². The van der Waals surface area contributed by atoms with Gasteiger partial charge in [0.15, 0.2) is 0 Å². The Morgan fingerprint density at radius 3 is 2.26 bits per heavy atom. The summed E-state index contributed by atoms with van der Waals surface area (Å²) in [6.07, 6.45) is 5.39. The molecule has 2 bridgehead atoms. The first-order chi connectivity index (χ1) is 8.76. The van der Waals surface area contributed by atoms with Gasteiger partial charge in [-0.15, -0.1) is 0 Å². The largest absolute Gasteiger partial charge is 0.444 e. The SMILES string of the molecule is CC(N)CC1CC2CCC(C1)N2C(=O)OC(C)(C)C. The Balaban J connectivity index is 1.97. The summed E-state index contributed by atoms with van der Waals surface area (Å²) in [6, 6.07) is 1.01. The lowest BCUT2D eigenvalue weighted by Gasteiger charge is -2.40. The van der Waals surface area contributed by atoms with Crippen LogP contribution in [0.1, 0.15) is 59.8 Å². The third-order valence-corrected chi connectivity index (χ3v) is 4.14. The Bertz CT molecular complexity index is 322. The van der Waals surface area contributed by atoms with Gasteiger partial charge in [0.2, 0.25) is 0 Å². The average molecular weight is 268 g/mol. The van der Waals surface area contributed by atoms with E-state index in [2.05, 4.69) is 6.92 Å². The van der Waals surface area contributed by atoms with Gasteiger partial charge in [0.1, 0.15) is 5.60 Å². The Morgan fingerprint density at radius 1 is 1.32 bits per heavy atom. The van der Waals surface area contributed by atoms with E-state index in [1.165, 1.54) is 0 Å². The number of amides is 1. The third-order valence-electron chi connectivity index (χ3n) is 4.14. The molecule has 2 N–H and O–H groups in total. The van der Waals surface area contributed by atoms with Crippen LogP contribution in [0.4, 0.5) is 4.79 Å². The van der Waals surface area contributed by atoms with E-state index in [1.807, 2.05) is 25.7 Å². The number of hydrogen-bond acceptors (Lipinski definition) is 3. The summed E-state index contributed by atoms with van der Waals surface area (Å²) in [4.78, 5) is 14.3. The van der Waals surface area contributed by atoms with E-state index in [9.17, 15) is 4.79 Å². The summed E-state index contributed by atoms with van der Waals surface area (Å²) < 4.78 is 5.54. The van der Waals surface area contributed by atoms with Gasteiger partial charge in [-0.05, 0) is 65.7 Å². The van der Waals surface area contributed by atoms with Crippen LogP contribution in [0.25, 0.3) is 0 Å². The maximum atomic E-state index is 12.3. The van der Waals surface area contributed by atoms with Crippen LogP contribution in [-0.2, 0) is 4.74 Å². The lowest BCUT2D eigenvalue weighted by Crippen LogP contribution is -2.49. The van der Waals surface area contributed by atoms with Crippen molar-refractivity contribution in [3.63, 3.8) is 0 Å². The smallest absolute Gasteiger partial charge is 0.410 e. The highest BCUT2D eigenvalue weighted by Crippen LogP contribution is 2.40. The Morgan fingerprint density at radius 2 is 1.84 bits per heavy atom. The zero-order chi connectivity index (χ0) is 14.2. The molecule has 2 rings (SSSR count). The van der Waals surface area contributed by atoms with Crippen LogP contribution >= 0.6 is 0 Å². The summed E-state index contributed by atoms with van der Waals surface area (Å²) in [5, 5.41) is 0.